The van der Waals surface area contributed by atoms with E-state index >= 15 is 0 Å². The number of piperidine rings is 1. The number of nitrogens with two attached hydrogens (primary N) is 1. The molecule has 1 aromatic carbocycles. The molecule has 1 fully saturated rings. The molecule has 3 N–H and O–H groups in total. The van der Waals surface area contributed by atoms with Crippen molar-refractivity contribution in [3.63, 3.8) is 0 Å². The van der Waals surface area contributed by atoms with Crippen molar-refractivity contribution in [3.05, 3.63) is 34.5 Å². The largest absolute Gasteiger partial charge is 0.346 e. The molecular weight excluding hydrogens is 312 g/mol. The number of rotatable bonds is 0. The summed E-state index contributed by atoms with van der Waals surface area (Å²) in [5, 5.41) is 16.9. The molecule has 4 rings (SSSR count). The fourth-order valence-electron chi connectivity index (χ4n) is 4.23. The van der Waals surface area contributed by atoms with Crippen molar-refractivity contribution in [1.29, 1.82) is 5.26 Å². The van der Waals surface area contributed by atoms with Gasteiger partial charge in [0, 0.05) is 35.9 Å². The Bertz CT molecular complexity index is 858. The zero-order valence-corrected chi connectivity index (χ0v) is 13.7. The van der Waals surface area contributed by atoms with Gasteiger partial charge in [-0.15, -0.1) is 0 Å². The van der Waals surface area contributed by atoms with Crippen LogP contribution in [0, 0.1) is 11.3 Å². The predicted octanol–water partition coefficient (Wildman–Crippen LogP) is 1.28. The summed E-state index contributed by atoms with van der Waals surface area (Å²) in [6.45, 7) is 1.87. The van der Waals surface area contributed by atoms with Crippen LogP contribution in [-0.2, 0) is 7.05 Å². The Morgan fingerprint density at radius 3 is 2.87 bits per heavy atom. The van der Waals surface area contributed by atoms with Crippen LogP contribution >= 0.6 is 11.6 Å². The van der Waals surface area contributed by atoms with Gasteiger partial charge in [-0.05, 0) is 12.1 Å². The summed E-state index contributed by atoms with van der Waals surface area (Å²) in [4.78, 5) is 12.8. The number of nitrogens with one attached hydrogen (secondary N) is 1. The molecule has 1 spiro atoms. The van der Waals surface area contributed by atoms with E-state index in [1.165, 1.54) is 0 Å². The molecule has 2 aromatic rings. The number of halogens is 1. The second-order valence-corrected chi connectivity index (χ2v) is 6.96. The van der Waals surface area contributed by atoms with Crippen LogP contribution in [0.2, 0.25) is 5.02 Å². The van der Waals surface area contributed by atoms with Crippen LogP contribution in [-0.4, -0.2) is 29.1 Å². The maximum atomic E-state index is 12.8. The van der Waals surface area contributed by atoms with Gasteiger partial charge in [-0.2, -0.15) is 5.26 Å². The second-order valence-electron chi connectivity index (χ2n) is 6.52. The predicted molar refractivity (Wildman–Crippen MR) is 87.4 cm³/mol. The van der Waals surface area contributed by atoms with Gasteiger partial charge < -0.3 is 15.2 Å². The number of carbonyl (C=O) groups excluding carboxylic acids is 1. The number of nitrogens with zero attached hydrogens (tertiary/aromatic N) is 2. The molecular formula is C17H18ClN4O+. The molecule has 0 bridgehead atoms. The van der Waals surface area contributed by atoms with Crippen molar-refractivity contribution >= 4 is 28.4 Å². The lowest BCUT2D eigenvalue weighted by molar-refractivity contribution is -0.665. The molecule has 0 radical (unpaired) electrons. The highest BCUT2D eigenvalue weighted by Gasteiger charge is 2.50. The summed E-state index contributed by atoms with van der Waals surface area (Å²) < 4.78 is 1.86. The summed E-state index contributed by atoms with van der Waals surface area (Å²) in [6.07, 6.45) is 1.64. The average molecular weight is 330 g/mol. The first-order valence-corrected chi connectivity index (χ1v) is 8.27. The Hall–Kier alpha value is -2.03. The summed E-state index contributed by atoms with van der Waals surface area (Å²) in [5.74, 6) is -0.406. The van der Waals surface area contributed by atoms with E-state index in [1.54, 1.807) is 0 Å². The van der Waals surface area contributed by atoms with Gasteiger partial charge in [-0.25, -0.2) is 0 Å². The Balaban J connectivity index is 2.02. The molecule has 1 saturated heterocycles. The number of carbonyl (C=O) groups is 1. The first-order valence-electron chi connectivity index (χ1n) is 7.89. The highest BCUT2D eigenvalue weighted by Crippen LogP contribution is 2.44. The molecule has 0 saturated carbocycles. The Morgan fingerprint density at radius 2 is 2.17 bits per heavy atom. The van der Waals surface area contributed by atoms with Crippen LogP contribution in [0.1, 0.15) is 34.8 Å². The Kier molecular flexibility index (Phi) is 3.15. The molecule has 2 aliphatic heterocycles. The van der Waals surface area contributed by atoms with E-state index in [2.05, 4.69) is 16.7 Å². The molecule has 0 unspecified atom stereocenters. The van der Waals surface area contributed by atoms with Crippen LogP contribution < -0.4 is 10.6 Å². The van der Waals surface area contributed by atoms with Crippen molar-refractivity contribution < 1.29 is 10.1 Å². The lowest BCUT2D eigenvalue weighted by Crippen LogP contribution is -2.89. The molecule has 2 aliphatic rings. The lowest BCUT2D eigenvalue weighted by atomic mass is 9.71. The summed E-state index contributed by atoms with van der Waals surface area (Å²) in [5.41, 5.74) is 1.92. The van der Waals surface area contributed by atoms with Gasteiger partial charge in [0.05, 0.1) is 36.1 Å². The lowest BCUT2D eigenvalue weighted by Gasteiger charge is -2.43. The first-order chi connectivity index (χ1) is 11.1. The number of aromatic nitrogens is 1. The van der Waals surface area contributed by atoms with Crippen LogP contribution in [0.15, 0.2) is 18.2 Å². The van der Waals surface area contributed by atoms with Gasteiger partial charge in [-0.3, -0.25) is 4.79 Å². The van der Waals surface area contributed by atoms with Crippen LogP contribution in [0.4, 0.5) is 0 Å². The maximum Gasteiger partial charge on any atom is 0.268 e. The van der Waals surface area contributed by atoms with E-state index in [0.717, 1.165) is 42.4 Å². The SMILES string of the molecule is Cn1c2c(c3ccc(Cl)cc31)[C@@H](C#N)C1(CC[NH2+]CC1)NC2=O. The number of amides is 1. The van der Waals surface area contributed by atoms with E-state index in [-0.39, 0.29) is 11.8 Å². The van der Waals surface area contributed by atoms with Gasteiger partial charge in [0.25, 0.3) is 5.91 Å². The van der Waals surface area contributed by atoms with E-state index < -0.39 is 5.54 Å². The van der Waals surface area contributed by atoms with E-state index in [1.807, 2.05) is 29.8 Å². The van der Waals surface area contributed by atoms with Gasteiger partial charge >= 0.3 is 0 Å². The van der Waals surface area contributed by atoms with Gasteiger partial charge in [0.1, 0.15) is 5.69 Å². The minimum atomic E-state index is -0.443. The Labute approximate surface area is 139 Å². The third kappa shape index (κ3) is 1.92. The van der Waals surface area contributed by atoms with Crippen molar-refractivity contribution in [1.82, 2.24) is 9.88 Å². The number of aryl methyl sites for hydroxylation is 1. The average Bonchev–Trinajstić information content (AvgIpc) is 2.82. The fraction of sp³-hybridized carbons (Fsp3) is 0.412. The minimum Gasteiger partial charge on any atom is -0.346 e. The topological polar surface area (TPSA) is 74.4 Å². The van der Waals surface area contributed by atoms with E-state index in [0.29, 0.717) is 10.7 Å². The van der Waals surface area contributed by atoms with Crippen molar-refractivity contribution in [3.8, 4) is 6.07 Å². The first kappa shape index (κ1) is 14.6. The monoisotopic (exact) mass is 329 g/mol. The van der Waals surface area contributed by atoms with Gasteiger partial charge in [0.15, 0.2) is 0 Å². The summed E-state index contributed by atoms with van der Waals surface area (Å²) in [6, 6.07) is 8.10. The normalized spacial score (nSPS) is 22.7. The number of benzene rings is 1. The van der Waals surface area contributed by atoms with Gasteiger partial charge in [0.2, 0.25) is 0 Å². The molecule has 1 atom stereocenters. The molecule has 3 heterocycles. The molecule has 0 aliphatic carbocycles. The Morgan fingerprint density at radius 1 is 1.43 bits per heavy atom. The van der Waals surface area contributed by atoms with Crippen molar-refractivity contribution in [2.45, 2.75) is 24.3 Å². The maximum absolute atomic E-state index is 12.8. The van der Waals surface area contributed by atoms with Crippen LogP contribution in [0.25, 0.3) is 10.9 Å². The highest BCUT2D eigenvalue weighted by molar-refractivity contribution is 6.31. The molecule has 118 valence electrons. The molecule has 6 heteroatoms. The number of nitriles is 1. The van der Waals surface area contributed by atoms with Crippen molar-refractivity contribution in [2.75, 3.05) is 13.1 Å². The second kappa shape index (κ2) is 4.98. The summed E-state index contributed by atoms with van der Waals surface area (Å²) in [7, 11) is 1.86. The standard InChI is InChI=1S/C17H17ClN4O/c1-22-13-8-10(18)2-3-11(13)14-12(9-19)17(4-6-20-7-5-17)21-16(23)15(14)22/h2-3,8,12,20H,4-7H2,1H3,(H,21,23)/p+1/t12-/m1/s1. The number of hydrogen-bond acceptors (Lipinski definition) is 2. The van der Waals surface area contributed by atoms with Crippen LogP contribution in [0.3, 0.4) is 0 Å². The summed E-state index contributed by atoms with van der Waals surface area (Å²) >= 11 is 6.12. The van der Waals surface area contributed by atoms with E-state index in [9.17, 15) is 10.1 Å². The molecule has 1 amide bonds. The smallest absolute Gasteiger partial charge is 0.268 e. The quantitative estimate of drug-likeness (QED) is 0.764. The minimum absolute atomic E-state index is 0.0803. The number of hydrogen-bond donors (Lipinski definition) is 2. The highest BCUT2D eigenvalue weighted by atomic mass is 35.5. The third-order valence-corrected chi connectivity index (χ3v) is 5.57. The number of quaternary nitrogens is 1. The van der Waals surface area contributed by atoms with Crippen LogP contribution in [0.5, 0.6) is 0 Å². The third-order valence-electron chi connectivity index (χ3n) is 5.34. The molecule has 1 aromatic heterocycles. The fourth-order valence-corrected chi connectivity index (χ4v) is 4.40. The zero-order valence-electron chi connectivity index (χ0n) is 12.9. The zero-order chi connectivity index (χ0) is 16.2. The van der Waals surface area contributed by atoms with Crippen molar-refractivity contribution in [2.24, 2.45) is 7.05 Å². The van der Waals surface area contributed by atoms with E-state index in [4.69, 9.17) is 11.6 Å². The van der Waals surface area contributed by atoms with Gasteiger partial charge in [-0.1, -0.05) is 17.7 Å². The molecule has 5 nitrogen and oxygen atoms in total. The molecule has 23 heavy (non-hydrogen) atoms. The number of fused-ring (bicyclic) bond motifs is 3.